The van der Waals surface area contributed by atoms with Crippen LogP contribution in [0.3, 0.4) is 0 Å². The van der Waals surface area contributed by atoms with Crippen molar-refractivity contribution in [2.75, 3.05) is 19.9 Å². The fourth-order valence-electron chi connectivity index (χ4n) is 3.69. The van der Waals surface area contributed by atoms with E-state index in [0.717, 1.165) is 25.9 Å². The third-order valence-electron chi connectivity index (χ3n) is 4.82. The van der Waals surface area contributed by atoms with Gasteiger partial charge in [0.2, 0.25) is 6.79 Å². The van der Waals surface area contributed by atoms with Crippen LogP contribution >= 0.6 is 12.4 Å². The average Bonchev–Trinajstić information content (AvgIpc) is 3.14. The van der Waals surface area contributed by atoms with Crippen molar-refractivity contribution in [3.8, 4) is 11.5 Å². The van der Waals surface area contributed by atoms with E-state index in [0.29, 0.717) is 28.9 Å². The van der Waals surface area contributed by atoms with Crippen molar-refractivity contribution >= 4 is 18.3 Å². The summed E-state index contributed by atoms with van der Waals surface area (Å²) in [5.74, 6) is 2.51. The Kier molecular flexibility index (Phi) is 3.71. The monoisotopic (exact) mass is 310 g/mol. The number of carbonyl (C=O) groups excluding carboxylic acids is 1. The number of nitrogens with two attached hydrogens (primary N) is 1. The molecule has 3 aliphatic rings. The van der Waals surface area contributed by atoms with Crippen LogP contribution in [0.15, 0.2) is 18.2 Å². The lowest BCUT2D eigenvalue weighted by atomic mass is 9.98. The van der Waals surface area contributed by atoms with E-state index in [1.165, 1.54) is 0 Å². The molecule has 2 fully saturated rings. The van der Waals surface area contributed by atoms with Gasteiger partial charge < -0.3 is 20.1 Å². The molecule has 1 amide bonds. The number of likely N-dealkylation sites (tertiary alicyclic amines) is 1. The van der Waals surface area contributed by atoms with Gasteiger partial charge in [-0.3, -0.25) is 4.79 Å². The lowest BCUT2D eigenvalue weighted by molar-refractivity contribution is 0.0779. The number of carbonyl (C=O) groups is 1. The molecule has 1 aliphatic carbocycles. The Balaban J connectivity index is 0.00000132. The SMILES string of the molecule is Cl.NC1CCC2CN(C(=O)c3ccc4c(c3)OCO4)CC12. The minimum Gasteiger partial charge on any atom is -0.454 e. The average molecular weight is 311 g/mol. The summed E-state index contributed by atoms with van der Waals surface area (Å²) in [6.45, 7) is 1.86. The molecule has 114 valence electrons. The van der Waals surface area contributed by atoms with Crippen molar-refractivity contribution in [1.29, 1.82) is 0 Å². The summed E-state index contributed by atoms with van der Waals surface area (Å²) in [6.07, 6.45) is 2.25. The smallest absolute Gasteiger partial charge is 0.254 e. The Labute approximate surface area is 129 Å². The molecule has 0 radical (unpaired) electrons. The van der Waals surface area contributed by atoms with E-state index >= 15 is 0 Å². The van der Waals surface area contributed by atoms with Crippen molar-refractivity contribution in [2.45, 2.75) is 18.9 Å². The molecule has 1 saturated carbocycles. The zero-order chi connectivity index (χ0) is 13.7. The third-order valence-corrected chi connectivity index (χ3v) is 4.82. The first kappa shape index (κ1) is 14.5. The Hall–Kier alpha value is -1.46. The number of halogens is 1. The van der Waals surface area contributed by atoms with E-state index in [2.05, 4.69) is 0 Å². The van der Waals surface area contributed by atoms with Crippen LogP contribution in [0.25, 0.3) is 0 Å². The molecule has 3 unspecified atom stereocenters. The number of fused-ring (bicyclic) bond motifs is 2. The highest BCUT2D eigenvalue weighted by Gasteiger charge is 2.42. The maximum atomic E-state index is 12.6. The molecule has 21 heavy (non-hydrogen) atoms. The summed E-state index contributed by atoms with van der Waals surface area (Å²) in [4.78, 5) is 14.5. The van der Waals surface area contributed by atoms with Crippen molar-refractivity contribution in [3.05, 3.63) is 23.8 Å². The maximum Gasteiger partial charge on any atom is 0.254 e. The summed E-state index contributed by atoms with van der Waals surface area (Å²) in [5, 5.41) is 0. The van der Waals surface area contributed by atoms with Gasteiger partial charge in [-0.25, -0.2) is 0 Å². The number of amides is 1. The van der Waals surface area contributed by atoms with Gasteiger partial charge in [-0.05, 0) is 42.9 Å². The van der Waals surface area contributed by atoms with Gasteiger partial charge in [0.15, 0.2) is 11.5 Å². The van der Waals surface area contributed by atoms with Crippen LogP contribution in [0.5, 0.6) is 11.5 Å². The molecule has 3 atom stereocenters. The number of hydrogen-bond donors (Lipinski definition) is 1. The summed E-state index contributed by atoms with van der Waals surface area (Å²) in [7, 11) is 0. The Morgan fingerprint density at radius 2 is 2.00 bits per heavy atom. The van der Waals surface area contributed by atoms with E-state index in [9.17, 15) is 4.79 Å². The number of rotatable bonds is 1. The summed E-state index contributed by atoms with van der Waals surface area (Å²) >= 11 is 0. The number of benzene rings is 1. The van der Waals surface area contributed by atoms with Crippen LogP contribution in [-0.4, -0.2) is 36.7 Å². The van der Waals surface area contributed by atoms with Crippen molar-refractivity contribution in [3.63, 3.8) is 0 Å². The molecule has 2 heterocycles. The van der Waals surface area contributed by atoms with Crippen LogP contribution in [0.2, 0.25) is 0 Å². The highest BCUT2D eigenvalue weighted by Crippen LogP contribution is 2.38. The standard InChI is InChI=1S/C15H18N2O3.ClH/c16-12-3-1-10-6-17(7-11(10)12)15(18)9-2-4-13-14(5-9)20-8-19-13;/h2,4-5,10-12H,1,3,6-8,16H2;1H. The van der Waals surface area contributed by atoms with E-state index < -0.39 is 0 Å². The highest BCUT2D eigenvalue weighted by molar-refractivity contribution is 5.95. The molecule has 0 aromatic heterocycles. The minimum atomic E-state index is 0. The molecule has 2 aliphatic heterocycles. The predicted octanol–water partition coefficient (Wildman–Crippen LogP) is 1.65. The van der Waals surface area contributed by atoms with E-state index in [-0.39, 0.29) is 31.1 Å². The molecule has 0 bridgehead atoms. The lowest BCUT2D eigenvalue weighted by Crippen LogP contribution is -2.33. The Bertz CT molecular complexity index is 566. The maximum absolute atomic E-state index is 12.6. The van der Waals surface area contributed by atoms with Gasteiger partial charge in [0.25, 0.3) is 5.91 Å². The Morgan fingerprint density at radius 3 is 2.81 bits per heavy atom. The minimum absolute atomic E-state index is 0. The molecule has 1 saturated heterocycles. The van der Waals surface area contributed by atoms with Gasteiger partial charge in [-0.15, -0.1) is 12.4 Å². The fraction of sp³-hybridized carbons (Fsp3) is 0.533. The van der Waals surface area contributed by atoms with Crippen LogP contribution in [0.4, 0.5) is 0 Å². The van der Waals surface area contributed by atoms with Crippen LogP contribution in [0, 0.1) is 11.8 Å². The summed E-state index contributed by atoms with van der Waals surface area (Å²) < 4.78 is 10.6. The van der Waals surface area contributed by atoms with E-state index in [1.807, 2.05) is 11.0 Å². The van der Waals surface area contributed by atoms with E-state index in [4.69, 9.17) is 15.2 Å². The second-order valence-electron chi connectivity index (χ2n) is 5.94. The topological polar surface area (TPSA) is 64.8 Å². The van der Waals surface area contributed by atoms with Crippen molar-refractivity contribution in [1.82, 2.24) is 4.90 Å². The first-order valence-corrected chi connectivity index (χ1v) is 7.17. The Morgan fingerprint density at radius 1 is 1.19 bits per heavy atom. The van der Waals surface area contributed by atoms with E-state index in [1.54, 1.807) is 12.1 Å². The molecule has 2 N–H and O–H groups in total. The molecule has 5 nitrogen and oxygen atoms in total. The quantitative estimate of drug-likeness (QED) is 0.856. The van der Waals surface area contributed by atoms with Gasteiger partial charge >= 0.3 is 0 Å². The van der Waals surface area contributed by atoms with Gasteiger partial charge in [-0.1, -0.05) is 0 Å². The zero-order valence-electron chi connectivity index (χ0n) is 11.7. The molecule has 6 heteroatoms. The number of hydrogen-bond acceptors (Lipinski definition) is 4. The van der Waals surface area contributed by atoms with Crippen molar-refractivity contribution in [2.24, 2.45) is 17.6 Å². The van der Waals surface area contributed by atoms with Crippen molar-refractivity contribution < 1.29 is 14.3 Å². The lowest BCUT2D eigenvalue weighted by Gasteiger charge is -2.19. The molecular formula is C15H19ClN2O3. The van der Waals surface area contributed by atoms with Crippen LogP contribution in [-0.2, 0) is 0 Å². The zero-order valence-corrected chi connectivity index (χ0v) is 12.5. The number of nitrogens with zero attached hydrogens (tertiary/aromatic N) is 1. The first-order chi connectivity index (χ1) is 9.72. The van der Waals surface area contributed by atoms with Crippen LogP contribution < -0.4 is 15.2 Å². The van der Waals surface area contributed by atoms with Gasteiger partial charge in [0.05, 0.1) is 0 Å². The molecular weight excluding hydrogens is 292 g/mol. The molecule has 1 aromatic rings. The molecule has 4 rings (SSSR count). The normalized spacial score (nSPS) is 29.2. The third kappa shape index (κ3) is 2.34. The van der Waals surface area contributed by atoms with Gasteiger partial charge in [-0.2, -0.15) is 0 Å². The second-order valence-corrected chi connectivity index (χ2v) is 5.94. The van der Waals surface area contributed by atoms with Crippen LogP contribution in [0.1, 0.15) is 23.2 Å². The number of ether oxygens (including phenoxy) is 2. The first-order valence-electron chi connectivity index (χ1n) is 7.17. The highest BCUT2D eigenvalue weighted by atomic mass is 35.5. The molecule has 1 aromatic carbocycles. The summed E-state index contributed by atoms with van der Waals surface area (Å²) in [5.41, 5.74) is 6.79. The van der Waals surface area contributed by atoms with Gasteiger partial charge in [0.1, 0.15) is 0 Å². The molecule has 0 spiro atoms. The summed E-state index contributed by atoms with van der Waals surface area (Å²) in [6, 6.07) is 5.65. The largest absolute Gasteiger partial charge is 0.454 e. The second kappa shape index (κ2) is 5.39. The van der Waals surface area contributed by atoms with Gasteiger partial charge in [0, 0.05) is 24.7 Å². The fourth-order valence-corrected chi connectivity index (χ4v) is 3.69. The predicted molar refractivity (Wildman–Crippen MR) is 79.9 cm³/mol.